The van der Waals surface area contributed by atoms with Gasteiger partial charge in [0.05, 0.1) is 18.9 Å². The van der Waals surface area contributed by atoms with Crippen molar-refractivity contribution in [2.75, 3.05) is 13.2 Å². The van der Waals surface area contributed by atoms with Crippen LogP contribution in [0.2, 0.25) is 0 Å². The van der Waals surface area contributed by atoms with Gasteiger partial charge in [-0.15, -0.1) is 0 Å². The molecule has 0 spiro atoms. The number of nitrogens with zero attached hydrogens (tertiary/aromatic N) is 1. The summed E-state index contributed by atoms with van der Waals surface area (Å²) < 4.78 is 10.7. The Bertz CT molecular complexity index is 295. The summed E-state index contributed by atoms with van der Waals surface area (Å²) in [5, 5.41) is 0. The summed E-state index contributed by atoms with van der Waals surface area (Å²) in [6.07, 6.45) is 2.44. The van der Waals surface area contributed by atoms with E-state index in [1.165, 1.54) is 6.20 Å². The molecular weight excluding hydrogens is 194 g/mol. The van der Waals surface area contributed by atoms with E-state index in [4.69, 9.17) is 9.47 Å². The lowest BCUT2D eigenvalue weighted by Crippen LogP contribution is -2.11. The highest BCUT2D eigenvalue weighted by Gasteiger charge is 1.97. The van der Waals surface area contributed by atoms with Gasteiger partial charge in [0.1, 0.15) is 18.1 Å². The second-order valence-corrected chi connectivity index (χ2v) is 3.30. The Morgan fingerprint density at radius 3 is 2.73 bits per heavy atom. The minimum atomic E-state index is 0.212. The first-order chi connectivity index (χ1) is 7.22. The van der Waals surface area contributed by atoms with E-state index in [0.717, 1.165) is 0 Å². The third-order valence-electron chi connectivity index (χ3n) is 1.68. The molecule has 1 heterocycles. The highest BCUT2D eigenvalue weighted by atomic mass is 16.5. The van der Waals surface area contributed by atoms with Gasteiger partial charge < -0.3 is 9.47 Å². The van der Waals surface area contributed by atoms with Gasteiger partial charge in [-0.1, -0.05) is 0 Å². The third-order valence-corrected chi connectivity index (χ3v) is 1.68. The highest BCUT2D eigenvalue weighted by molar-refractivity contribution is 5.71. The molecule has 0 atom stereocenters. The molecule has 0 aliphatic heterocycles. The van der Waals surface area contributed by atoms with Crippen molar-refractivity contribution in [1.82, 2.24) is 4.98 Å². The van der Waals surface area contributed by atoms with Crippen LogP contribution in [0, 0.1) is 0 Å². The summed E-state index contributed by atoms with van der Waals surface area (Å²) in [6, 6.07) is 3.33. The third kappa shape index (κ3) is 4.56. The normalized spacial score (nSPS) is 10.3. The van der Waals surface area contributed by atoms with E-state index in [-0.39, 0.29) is 6.10 Å². The van der Waals surface area contributed by atoms with Gasteiger partial charge in [0.15, 0.2) is 6.29 Å². The molecule has 15 heavy (non-hydrogen) atoms. The Hall–Kier alpha value is -1.42. The van der Waals surface area contributed by atoms with Gasteiger partial charge in [0, 0.05) is 0 Å². The molecule has 1 aromatic heterocycles. The lowest BCUT2D eigenvalue weighted by Gasteiger charge is -2.08. The monoisotopic (exact) mass is 209 g/mol. The van der Waals surface area contributed by atoms with Gasteiger partial charge in [0.25, 0.3) is 0 Å². The summed E-state index contributed by atoms with van der Waals surface area (Å²) in [6.45, 7) is 4.98. The van der Waals surface area contributed by atoms with E-state index in [1.807, 2.05) is 13.8 Å². The van der Waals surface area contributed by atoms with E-state index in [9.17, 15) is 4.79 Å². The molecule has 4 heteroatoms. The Morgan fingerprint density at radius 2 is 2.20 bits per heavy atom. The number of aldehydes is 1. The number of carbonyl (C=O) groups excluding carboxylic acids is 1. The van der Waals surface area contributed by atoms with Crippen LogP contribution in [-0.4, -0.2) is 30.6 Å². The lowest BCUT2D eigenvalue weighted by molar-refractivity contribution is 0.0552. The maximum atomic E-state index is 10.3. The molecular formula is C11H15NO3. The molecule has 0 aliphatic rings. The molecule has 82 valence electrons. The van der Waals surface area contributed by atoms with Crippen LogP contribution in [0.3, 0.4) is 0 Å². The Balaban J connectivity index is 2.28. The van der Waals surface area contributed by atoms with Crippen LogP contribution < -0.4 is 4.74 Å². The fraction of sp³-hybridized carbons (Fsp3) is 0.455. The summed E-state index contributed by atoms with van der Waals surface area (Å²) in [5.41, 5.74) is 0.404. The summed E-state index contributed by atoms with van der Waals surface area (Å²) >= 11 is 0. The molecule has 0 N–H and O–H groups in total. The van der Waals surface area contributed by atoms with E-state index in [2.05, 4.69) is 4.98 Å². The highest BCUT2D eigenvalue weighted by Crippen LogP contribution is 2.07. The Kier molecular flexibility index (Phi) is 4.77. The van der Waals surface area contributed by atoms with Crippen LogP contribution in [0.5, 0.6) is 5.75 Å². The van der Waals surface area contributed by atoms with Crippen molar-refractivity contribution in [2.24, 2.45) is 0 Å². The average Bonchev–Trinajstić information content (AvgIpc) is 2.25. The van der Waals surface area contributed by atoms with Crippen LogP contribution in [-0.2, 0) is 4.74 Å². The first-order valence-electron chi connectivity index (χ1n) is 4.88. The van der Waals surface area contributed by atoms with Gasteiger partial charge in [0.2, 0.25) is 0 Å². The fourth-order valence-electron chi connectivity index (χ4n) is 0.990. The Labute approximate surface area is 89.2 Å². The zero-order valence-electron chi connectivity index (χ0n) is 8.97. The van der Waals surface area contributed by atoms with Crippen molar-refractivity contribution < 1.29 is 14.3 Å². The molecule has 0 saturated heterocycles. The van der Waals surface area contributed by atoms with Crippen LogP contribution in [0.15, 0.2) is 18.3 Å². The number of hydrogen-bond acceptors (Lipinski definition) is 4. The SMILES string of the molecule is CC(C)OCCOc1ccc(C=O)nc1. The summed E-state index contributed by atoms with van der Waals surface area (Å²) in [5.74, 6) is 0.646. The Morgan fingerprint density at radius 1 is 1.40 bits per heavy atom. The zero-order chi connectivity index (χ0) is 11.1. The molecule has 1 aromatic rings. The molecule has 0 aliphatic carbocycles. The minimum Gasteiger partial charge on any atom is -0.490 e. The number of aromatic nitrogens is 1. The predicted molar refractivity (Wildman–Crippen MR) is 56.2 cm³/mol. The van der Waals surface area contributed by atoms with Crippen molar-refractivity contribution in [3.8, 4) is 5.75 Å². The largest absolute Gasteiger partial charge is 0.490 e. The number of hydrogen-bond donors (Lipinski definition) is 0. The topological polar surface area (TPSA) is 48.4 Å². The van der Waals surface area contributed by atoms with E-state index in [1.54, 1.807) is 12.1 Å². The first-order valence-corrected chi connectivity index (χ1v) is 4.88. The van der Waals surface area contributed by atoms with Gasteiger partial charge in [-0.05, 0) is 26.0 Å². The van der Waals surface area contributed by atoms with Gasteiger partial charge in [-0.2, -0.15) is 0 Å². The quantitative estimate of drug-likeness (QED) is 0.528. The first kappa shape index (κ1) is 11.7. The van der Waals surface area contributed by atoms with Crippen molar-refractivity contribution in [3.63, 3.8) is 0 Å². The smallest absolute Gasteiger partial charge is 0.168 e. The van der Waals surface area contributed by atoms with Gasteiger partial charge in [-0.25, -0.2) is 4.98 Å². The molecule has 0 aromatic carbocycles. The maximum absolute atomic E-state index is 10.3. The molecule has 1 rings (SSSR count). The molecule has 0 bridgehead atoms. The van der Waals surface area contributed by atoms with Crippen LogP contribution in [0.25, 0.3) is 0 Å². The number of carbonyl (C=O) groups is 1. The van der Waals surface area contributed by atoms with Crippen LogP contribution >= 0.6 is 0 Å². The summed E-state index contributed by atoms with van der Waals surface area (Å²) in [4.78, 5) is 14.2. The average molecular weight is 209 g/mol. The molecule has 0 radical (unpaired) electrons. The number of ether oxygens (including phenoxy) is 2. The second-order valence-electron chi connectivity index (χ2n) is 3.30. The fourth-order valence-corrected chi connectivity index (χ4v) is 0.990. The standard InChI is InChI=1S/C11H15NO3/c1-9(2)14-5-6-15-11-4-3-10(8-13)12-7-11/h3-4,7-9H,5-6H2,1-2H3. The van der Waals surface area contributed by atoms with Crippen LogP contribution in [0.1, 0.15) is 24.3 Å². The molecule has 0 fully saturated rings. The lowest BCUT2D eigenvalue weighted by atomic mass is 10.4. The van der Waals surface area contributed by atoms with Crippen molar-refractivity contribution in [2.45, 2.75) is 20.0 Å². The van der Waals surface area contributed by atoms with Gasteiger partial charge in [-0.3, -0.25) is 4.79 Å². The molecule has 4 nitrogen and oxygen atoms in total. The molecule has 0 amide bonds. The minimum absolute atomic E-state index is 0.212. The maximum Gasteiger partial charge on any atom is 0.168 e. The van der Waals surface area contributed by atoms with E-state index >= 15 is 0 Å². The zero-order valence-corrected chi connectivity index (χ0v) is 8.97. The predicted octanol–water partition coefficient (Wildman–Crippen LogP) is 1.70. The van der Waals surface area contributed by atoms with Crippen molar-refractivity contribution in [1.29, 1.82) is 0 Å². The van der Waals surface area contributed by atoms with E-state index < -0.39 is 0 Å². The number of pyridine rings is 1. The number of rotatable bonds is 6. The second kappa shape index (κ2) is 6.14. The molecule has 0 saturated carbocycles. The molecule has 0 unspecified atom stereocenters. The van der Waals surface area contributed by atoms with Gasteiger partial charge >= 0.3 is 0 Å². The van der Waals surface area contributed by atoms with Crippen LogP contribution in [0.4, 0.5) is 0 Å². The summed E-state index contributed by atoms with van der Waals surface area (Å²) in [7, 11) is 0. The van der Waals surface area contributed by atoms with Crippen molar-refractivity contribution in [3.05, 3.63) is 24.0 Å². The van der Waals surface area contributed by atoms with Crippen molar-refractivity contribution >= 4 is 6.29 Å². The van der Waals surface area contributed by atoms with E-state index in [0.29, 0.717) is 30.9 Å².